The number of rotatable bonds is 2. The maximum Gasteiger partial charge on any atom is 0.256 e. The van der Waals surface area contributed by atoms with Gasteiger partial charge in [0.2, 0.25) is 5.95 Å². The van der Waals surface area contributed by atoms with E-state index in [9.17, 15) is 4.79 Å². The third-order valence-corrected chi connectivity index (χ3v) is 3.44. The first-order chi connectivity index (χ1) is 9.63. The lowest BCUT2D eigenvalue weighted by Crippen LogP contribution is -2.18. The topological polar surface area (TPSA) is 71.8 Å². The highest BCUT2D eigenvalue weighted by molar-refractivity contribution is 5.83. The van der Waals surface area contributed by atoms with Crippen LogP contribution in [0.1, 0.15) is 16.8 Å². The lowest BCUT2D eigenvalue weighted by molar-refractivity contribution is 0.992. The fourth-order valence-electron chi connectivity index (χ4n) is 2.39. The molecule has 0 aliphatic carbocycles. The molecule has 0 aliphatic rings. The smallest absolute Gasteiger partial charge is 0.256 e. The first-order valence-electron chi connectivity index (χ1n) is 6.46. The third kappa shape index (κ3) is 2.28. The summed E-state index contributed by atoms with van der Waals surface area (Å²) >= 11 is 0. The largest absolute Gasteiger partial charge is 0.369 e. The van der Waals surface area contributed by atoms with Crippen LogP contribution in [0.5, 0.6) is 0 Å². The Bertz CT molecular complexity index is 836. The van der Waals surface area contributed by atoms with E-state index in [1.165, 1.54) is 10.8 Å². The molecule has 3 rings (SSSR count). The molecule has 3 N–H and O–H groups in total. The van der Waals surface area contributed by atoms with Crippen molar-refractivity contribution < 1.29 is 0 Å². The Morgan fingerprint density at radius 2 is 1.90 bits per heavy atom. The van der Waals surface area contributed by atoms with E-state index in [1.807, 2.05) is 25.1 Å². The number of nitrogens with zero attached hydrogens (tertiary/aromatic N) is 1. The number of anilines is 1. The number of benzene rings is 2. The van der Waals surface area contributed by atoms with Crippen LogP contribution in [-0.4, -0.2) is 9.97 Å². The van der Waals surface area contributed by atoms with Crippen molar-refractivity contribution in [1.82, 2.24) is 9.97 Å². The van der Waals surface area contributed by atoms with Gasteiger partial charge in [-0.15, -0.1) is 0 Å². The van der Waals surface area contributed by atoms with Gasteiger partial charge in [0.05, 0.1) is 5.69 Å². The van der Waals surface area contributed by atoms with E-state index in [2.05, 4.69) is 34.2 Å². The van der Waals surface area contributed by atoms with Crippen LogP contribution in [0.4, 0.5) is 5.95 Å². The normalized spacial score (nSPS) is 10.8. The van der Waals surface area contributed by atoms with Crippen LogP contribution in [-0.2, 0) is 6.42 Å². The standard InChI is InChI=1S/C16H15N3O/c1-10-14(15(20)19-16(17)18-10)9-11-6-7-12-4-2-3-5-13(12)8-11/h2-8H,9H2,1H3,(H3,17,18,19,20). The molecule has 100 valence electrons. The van der Waals surface area contributed by atoms with Crippen LogP contribution in [0.15, 0.2) is 47.3 Å². The third-order valence-electron chi connectivity index (χ3n) is 3.44. The molecule has 3 aromatic rings. The van der Waals surface area contributed by atoms with Crippen molar-refractivity contribution in [1.29, 1.82) is 0 Å². The summed E-state index contributed by atoms with van der Waals surface area (Å²) in [7, 11) is 0. The number of fused-ring (bicyclic) bond motifs is 1. The predicted octanol–water partition coefficient (Wildman–Crippen LogP) is 2.40. The Balaban J connectivity index is 2.03. The highest BCUT2D eigenvalue weighted by atomic mass is 16.1. The van der Waals surface area contributed by atoms with E-state index in [0.717, 1.165) is 5.56 Å². The molecule has 4 nitrogen and oxygen atoms in total. The lowest BCUT2D eigenvalue weighted by atomic mass is 10.0. The maximum atomic E-state index is 12.0. The van der Waals surface area contributed by atoms with Crippen molar-refractivity contribution in [2.24, 2.45) is 0 Å². The molecule has 0 fully saturated rings. The van der Waals surface area contributed by atoms with Crippen LogP contribution in [0.25, 0.3) is 10.8 Å². The number of nitrogens with two attached hydrogens (primary N) is 1. The second-order valence-electron chi connectivity index (χ2n) is 4.87. The van der Waals surface area contributed by atoms with Crippen LogP contribution in [0, 0.1) is 6.92 Å². The molecule has 1 aromatic heterocycles. The Morgan fingerprint density at radius 1 is 1.15 bits per heavy atom. The summed E-state index contributed by atoms with van der Waals surface area (Å²) < 4.78 is 0. The summed E-state index contributed by atoms with van der Waals surface area (Å²) in [5, 5.41) is 2.36. The molecule has 2 aromatic carbocycles. The number of H-pyrrole nitrogens is 1. The molecule has 0 saturated carbocycles. The number of aromatic amines is 1. The summed E-state index contributed by atoms with van der Waals surface area (Å²) in [5.41, 5.74) is 7.79. The van der Waals surface area contributed by atoms with Gasteiger partial charge in [-0.3, -0.25) is 9.78 Å². The van der Waals surface area contributed by atoms with Crippen molar-refractivity contribution in [3.05, 3.63) is 69.6 Å². The summed E-state index contributed by atoms with van der Waals surface area (Å²) in [6.45, 7) is 1.81. The molecular weight excluding hydrogens is 250 g/mol. The van der Waals surface area contributed by atoms with E-state index in [1.54, 1.807) is 0 Å². The predicted molar refractivity (Wildman–Crippen MR) is 80.8 cm³/mol. The average molecular weight is 265 g/mol. The summed E-state index contributed by atoms with van der Waals surface area (Å²) in [6.07, 6.45) is 0.555. The number of aryl methyl sites for hydroxylation is 1. The van der Waals surface area contributed by atoms with Gasteiger partial charge in [-0.05, 0) is 23.3 Å². The Morgan fingerprint density at radius 3 is 2.65 bits per heavy atom. The van der Waals surface area contributed by atoms with Gasteiger partial charge in [0.25, 0.3) is 5.56 Å². The molecule has 0 spiro atoms. The van der Waals surface area contributed by atoms with Gasteiger partial charge in [-0.25, -0.2) is 4.98 Å². The molecule has 0 unspecified atom stereocenters. The second-order valence-corrected chi connectivity index (χ2v) is 4.87. The van der Waals surface area contributed by atoms with Gasteiger partial charge in [-0.1, -0.05) is 42.5 Å². The summed E-state index contributed by atoms with van der Waals surface area (Å²) in [5.74, 6) is 0.162. The van der Waals surface area contributed by atoms with E-state index >= 15 is 0 Å². The molecule has 0 atom stereocenters. The van der Waals surface area contributed by atoms with Gasteiger partial charge < -0.3 is 5.73 Å². The minimum absolute atomic E-state index is 0.162. The SMILES string of the molecule is Cc1nc(N)[nH]c(=O)c1Cc1ccc2ccccc2c1. The number of aromatic nitrogens is 2. The summed E-state index contributed by atoms with van der Waals surface area (Å²) in [4.78, 5) is 18.6. The fraction of sp³-hybridized carbons (Fsp3) is 0.125. The van der Waals surface area contributed by atoms with E-state index in [4.69, 9.17) is 5.73 Å². The Kier molecular flexibility index (Phi) is 2.99. The molecule has 0 bridgehead atoms. The minimum atomic E-state index is -0.164. The molecule has 0 amide bonds. The first-order valence-corrected chi connectivity index (χ1v) is 6.46. The van der Waals surface area contributed by atoms with E-state index in [-0.39, 0.29) is 11.5 Å². The highest BCUT2D eigenvalue weighted by Crippen LogP contribution is 2.17. The second kappa shape index (κ2) is 4.81. The van der Waals surface area contributed by atoms with Crippen LogP contribution in [0.2, 0.25) is 0 Å². The maximum absolute atomic E-state index is 12.0. The van der Waals surface area contributed by atoms with Crippen molar-refractivity contribution in [3.63, 3.8) is 0 Å². The van der Waals surface area contributed by atoms with Crippen LogP contribution >= 0.6 is 0 Å². The Labute approximate surface area is 116 Å². The van der Waals surface area contributed by atoms with Crippen molar-refractivity contribution in [2.45, 2.75) is 13.3 Å². The highest BCUT2D eigenvalue weighted by Gasteiger charge is 2.08. The van der Waals surface area contributed by atoms with Gasteiger partial charge in [-0.2, -0.15) is 0 Å². The minimum Gasteiger partial charge on any atom is -0.369 e. The lowest BCUT2D eigenvalue weighted by Gasteiger charge is -2.06. The number of nitrogens with one attached hydrogen (secondary N) is 1. The van der Waals surface area contributed by atoms with Gasteiger partial charge in [0, 0.05) is 12.0 Å². The molecule has 0 aliphatic heterocycles. The monoisotopic (exact) mass is 265 g/mol. The zero-order valence-corrected chi connectivity index (χ0v) is 11.2. The molecule has 0 radical (unpaired) electrons. The molecule has 20 heavy (non-hydrogen) atoms. The first kappa shape index (κ1) is 12.4. The zero-order valence-electron chi connectivity index (χ0n) is 11.2. The van der Waals surface area contributed by atoms with Gasteiger partial charge in [0.15, 0.2) is 0 Å². The van der Waals surface area contributed by atoms with E-state index < -0.39 is 0 Å². The van der Waals surface area contributed by atoms with Crippen molar-refractivity contribution in [2.75, 3.05) is 5.73 Å². The number of hydrogen-bond acceptors (Lipinski definition) is 3. The van der Waals surface area contributed by atoms with Crippen LogP contribution < -0.4 is 11.3 Å². The van der Waals surface area contributed by atoms with Crippen molar-refractivity contribution >= 4 is 16.7 Å². The molecular formula is C16H15N3O. The fourth-order valence-corrected chi connectivity index (χ4v) is 2.39. The Hall–Kier alpha value is -2.62. The van der Waals surface area contributed by atoms with Gasteiger partial charge >= 0.3 is 0 Å². The number of nitrogen functional groups attached to an aromatic ring is 1. The molecule has 0 saturated heterocycles. The molecule has 4 heteroatoms. The molecule has 1 heterocycles. The van der Waals surface area contributed by atoms with Gasteiger partial charge in [0.1, 0.15) is 0 Å². The summed E-state index contributed by atoms with van der Waals surface area (Å²) in [6, 6.07) is 14.4. The number of hydrogen-bond donors (Lipinski definition) is 2. The zero-order chi connectivity index (χ0) is 14.1. The van der Waals surface area contributed by atoms with E-state index in [0.29, 0.717) is 17.7 Å². The average Bonchev–Trinajstić information content (AvgIpc) is 2.42. The van der Waals surface area contributed by atoms with Crippen LogP contribution in [0.3, 0.4) is 0 Å². The van der Waals surface area contributed by atoms with Crippen molar-refractivity contribution in [3.8, 4) is 0 Å². The quantitative estimate of drug-likeness (QED) is 0.747.